The molecule has 3 rings (SSSR count). The van der Waals surface area contributed by atoms with Gasteiger partial charge in [-0.1, -0.05) is 35.9 Å². The number of amides is 2. The maximum atomic E-state index is 12.9. The van der Waals surface area contributed by atoms with Crippen LogP contribution in [-0.4, -0.2) is 36.5 Å². The monoisotopic (exact) mass is 394 g/mol. The van der Waals surface area contributed by atoms with Crippen LogP contribution >= 0.6 is 0 Å². The topological polar surface area (TPSA) is 75.7 Å². The summed E-state index contributed by atoms with van der Waals surface area (Å²) in [4.78, 5) is 39.3. The molecule has 2 amide bonds. The molecule has 0 aromatic heterocycles. The summed E-state index contributed by atoms with van der Waals surface area (Å²) in [7, 11) is 0. The largest absolute Gasteiger partial charge is 0.451 e. The van der Waals surface area contributed by atoms with Crippen molar-refractivity contribution in [3.8, 4) is 0 Å². The van der Waals surface area contributed by atoms with Crippen molar-refractivity contribution in [2.75, 3.05) is 11.4 Å². The zero-order valence-electron chi connectivity index (χ0n) is 17.0. The number of aryl methyl sites for hydroxylation is 2. The van der Waals surface area contributed by atoms with Crippen LogP contribution in [0.25, 0.3) is 0 Å². The third kappa shape index (κ3) is 4.83. The normalized spacial score (nSPS) is 15.1. The molecule has 6 nitrogen and oxygen atoms in total. The van der Waals surface area contributed by atoms with Crippen LogP contribution in [-0.2, 0) is 20.7 Å². The molecule has 0 spiro atoms. The van der Waals surface area contributed by atoms with Gasteiger partial charge < -0.3 is 15.0 Å². The van der Waals surface area contributed by atoms with Crippen molar-refractivity contribution < 1.29 is 19.1 Å². The number of esters is 1. The highest BCUT2D eigenvalue weighted by Gasteiger charge is 2.29. The SMILES string of the molecule is Cc1cccc(C(=O)NC(C)C(=O)OC(C)C(=O)N2CCCc3ccccc32)c1. The molecule has 152 valence electrons. The molecular weight excluding hydrogens is 368 g/mol. The van der Waals surface area contributed by atoms with Crippen LogP contribution in [0.2, 0.25) is 0 Å². The average molecular weight is 394 g/mol. The van der Waals surface area contributed by atoms with Gasteiger partial charge in [0.1, 0.15) is 6.04 Å². The minimum Gasteiger partial charge on any atom is -0.451 e. The van der Waals surface area contributed by atoms with Crippen molar-refractivity contribution in [3.05, 3.63) is 65.2 Å². The van der Waals surface area contributed by atoms with Gasteiger partial charge in [-0.25, -0.2) is 4.79 Å². The van der Waals surface area contributed by atoms with Crippen molar-refractivity contribution in [1.82, 2.24) is 5.32 Å². The van der Waals surface area contributed by atoms with Crippen LogP contribution in [0.1, 0.15) is 41.8 Å². The number of nitrogens with one attached hydrogen (secondary N) is 1. The number of nitrogens with zero attached hydrogens (tertiary/aromatic N) is 1. The molecule has 2 atom stereocenters. The number of carbonyl (C=O) groups is 3. The van der Waals surface area contributed by atoms with Gasteiger partial charge in [-0.05, 0) is 57.4 Å². The Morgan fingerprint density at radius 3 is 2.59 bits per heavy atom. The van der Waals surface area contributed by atoms with Gasteiger partial charge in [-0.2, -0.15) is 0 Å². The van der Waals surface area contributed by atoms with E-state index >= 15 is 0 Å². The van der Waals surface area contributed by atoms with E-state index in [4.69, 9.17) is 4.74 Å². The van der Waals surface area contributed by atoms with E-state index in [0.29, 0.717) is 12.1 Å². The van der Waals surface area contributed by atoms with Gasteiger partial charge in [0, 0.05) is 17.8 Å². The highest BCUT2D eigenvalue weighted by Crippen LogP contribution is 2.27. The predicted molar refractivity (Wildman–Crippen MR) is 111 cm³/mol. The third-order valence-corrected chi connectivity index (χ3v) is 5.00. The quantitative estimate of drug-likeness (QED) is 0.791. The van der Waals surface area contributed by atoms with Gasteiger partial charge in [-0.3, -0.25) is 9.59 Å². The molecule has 1 aliphatic rings. The first-order valence-electron chi connectivity index (χ1n) is 9.84. The van der Waals surface area contributed by atoms with Crippen molar-refractivity contribution >= 4 is 23.5 Å². The number of fused-ring (bicyclic) bond motifs is 1. The van der Waals surface area contributed by atoms with Crippen LogP contribution in [0.4, 0.5) is 5.69 Å². The minimum atomic E-state index is -0.938. The average Bonchev–Trinajstić information content (AvgIpc) is 2.72. The highest BCUT2D eigenvalue weighted by atomic mass is 16.5. The lowest BCUT2D eigenvalue weighted by Crippen LogP contribution is -2.46. The standard InChI is InChI=1S/C23H26N2O4/c1-15-8-6-10-19(14-15)21(26)24-16(2)23(28)29-17(3)22(27)25-13-7-11-18-9-4-5-12-20(18)25/h4-6,8-10,12,14,16-17H,7,11,13H2,1-3H3,(H,24,26). The van der Waals surface area contributed by atoms with Crippen LogP contribution in [0.5, 0.6) is 0 Å². The fourth-order valence-electron chi connectivity index (χ4n) is 3.43. The van der Waals surface area contributed by atoms with Crippen LogP contribution < -0.4 is 10.2 Å². The molecular formula is C23H26N2O4. The lowest BCUT2D eigenvalue weighted by molar-refractivity contribution is -0.155. The van der Waals surface area contributed by atoms with Crippen LogP contribution in [0, 0.1) is 6.92 Å². The van der Waals surface area contributed by atoms with E-state index in [1.807, 2.05) is 37.3 Å². The number of anilines is 1. The zero-order valence-corrected chi connectivity index (χ0v) is 17.0. The molecule has 1 N–H and O–H groups in total. The molecule has 0 bridgehead atoms. The van der Waals surface area contributed by atoms with E-state index in [1.165, 1.54) is 0 Å². The Kier molecular flexibility index (Phi) is 6.32. The molecule has 0 fully saturated rings. The van der Waals surface area contributed by atoms with E-state index in [9.17, 15) is 14.4 Å². The molecule has 0 saturated carbocycles. The molecule has 0 aliphatic carbocycles. The number of hydrogen-bond donors (Lipinski definition) is 1. The lowest BCUT2D eigenvalue weighted by atomic mass is 10.0. The fourth-order valence-corrected chi connectivity index (χ4v) is 3.43. The molecule has 29 heavy (non-hydrogen) atoms. The number of carbonyl (C=O) groups excluding carboxylic acids is 3. The molecule has 6 heteroatoms. The summed E-state index contributed by atoms with van der Waals surface area (Å²) in [5.74, 6) is -1.26. The number of hydrogen-bond acceptors (Lipinski definition) is 4. The summed E-state index contributed by atoms with van der Waals surface area (Å²) in [5, 5.41) is 2.62. The van der Waals surface area contributed by atoms with Crippen LogP contribution in [0.15, 0.2) is 48.5 Å². The third-order valence-electron chi connectivity index (χ3n) is 5.00. The summed E-state index contributed by atoms with van der Waals surface area (Å²) in [6.07, 6.45) is 0.856. The van der Waals surface area contributed by atoms with Crippen molar-refractivity contribution in [3.63, 3.8) is 0 Å². The molecule has 1 heterocycles. The van der Waals surface area contributed by atoms with E-state index in [2.05, 4.69) is 5.32 Å². The van der Waals surface area contributed by atoms with Gasteiger partial charge in [0.05, 0.1) is 0 Å². The Balaban J connectivity index is 1.60. The van der Waals surface area contributed by atoms with Gasteiger partial charge in [0.2, 0.25) is 0 Å². The number of rotatable bonds is 5. The fraction of sp³-hybridized carbons (Fsp3) is 0.348. The second kappa shape index (κ2) is 8.90. The van der Waals surface area contributed by atoms with Crippen molar-refractivity contribution in [2.24, 2.45) is 0 Å². The van der Waals surface area contributed by atoms with E-state index in [1.54, 1.807) is 36.9 Å². The first-order chi connectivity index (χ1) is 13.9. The van der Waals surface area contributed by atoms with Crippen molar-refractivity contribution in [2.45, 2.75) is 45.8 Å². The smallest absolute Gasteiger partial charge is 0.329 e. The van der Waals surface area contributed by atoms with Gasteiger partial charge in [0.15, 0.2) is 6.10 Å². The highest BCUT2D eigenvalue weighted by molar-refractivity contribution is 5.99. The molecule has 2 unspecified atom stereocenters. The summed E-state index contributed by atoms with van der Waals surface area (Å²) in [6.45, 7) is 5.59. The molecule has 2 aromatic carbocycles. The molecule has 1 aliphatic heterocycles. The van der Waals surface area contributed by atoms with Gasteiger partial charge in [-0.15, -0.1) is 0 Å². The Morgan fingerprint density at radius 1 is 1.07 bits per heavy atom. The Hall–Kier alpha value is -3.15. The predicted octanol–water partition coefficient (Wildman–Crippen LogP) is 3.02. The zero-order chi connectivity index (χ0) is 21.0. The summed E-state index contributed by atoms with van der Waals surface area (Å²) >= 11 is 0. The molecule has 2 aromatic rings. The second-order valence-electron chi connectivity index (χ2n) is 7.37. The van der Waals surface area contributed by atoms with Crippen molar-refractivity contribution in [1.29, 1.82) is 0 Å². The minimum absolute atomic E-state index is 0.261. The maximum Gasteiger partial charge on any atom is 0.329 e. The van der Waals surface area contributed by atoms with E-state index in [-0.39, 0.29) is 11.8 Å². The lowest BCUT2D eigenvalue weighted by Gasteiger charge is -2.31. The Morgan fingerprint density at radius 2 is 1.83 bits per heavy atom. The van der Waals surface area contributed by atoms with Gasteiger partial charge in [0.25, 0.3) is 11.8 Å². The van der Waals surface area contributed by atoms with E-state index in [0.717, 1.165) is 29.7 Å². The summed E-state index contributed by atoms with van der Waals surface area (Å²) in [5.41, 5.74) is 3.41. The van der Waals surface area contributed by atoms with E-state index < -0.39 is 18.1 Å². The number of benzene rings is 2. The first kappa shape index (κ1) is 20.6. The second-order valence-corrected chi connectivity index (χ2v) is 7.37. The summed E-state index contributed by atoms with van der Waals surface area (Å²) in [6, 6.07) is 14.0. The number of para-hydroxylation sites is 1. The number of ether oxygens (including phenoxy) is 1. The Labute approximate surface area is 170 Å². The van der Waals surface area contributed by atoms with Crippen LogP contribution in [0.3, 0.4) is 0 Å². The summed E-state index contributed by atoms with van der Waals surface area (Å²) < 4.78 is 5.36. The Bertz CT molecular complexity index is 925. The first-order valence-corrected chi connectivity index (χ1v) is 9.84. The van der Waals surface area contributed by atoms with Gasteiger partial charge >= 0.3 is 5.97 Å². The maximum absolute atomic E-state index is 12.9. The molecule has 0 saturated heterocycles. The molecule has 0 radical (unpaired) electrons.